The van der Waals surface area contributed by atoms with Crippen LogP contribution in [0.5, 0.6) is 0 Å². The zero-order chi connectivity index (χ0) is 10.3. The summed E-state index contributed by atoms with van der Waals surface area (Å²) in [6.45, 7) is 0. The van der Waals surface area contributed by atoms with E-state index in [0.717, 1.165) is 0 Å². The average molecular weight is 199 g/mol. The summed E-state index contributed by atoms with van der Waals surface area (Å²) in [6.07, 6.45) is 0. The maximum Gasteiger partial charge on any atom is 0.493 e. The molecular weight excluding hydrogens is 198 g/mol. The second-order valence-electron chi connectivity index (χ2n) is 2.17. The molecule has 0 bridgehead atoms. The van der Waals surface area contributed by atoms with E-state index in [1.165, 1.54) is 0 Å². The van der Waals surface area contributed by atoms with Crippen LogP contribution in [0.2, 0.25) is 0 Å². The van der Waals surface area contributed by atoms with E-state index in [9.17, 15) is 20.1 Å². The molecule has 0 spiro atoms. The first kappa shape index (κ1) is 8.03. The van der Waals surface area contributed by atoms with Crippen molar-refractivity contribution in [1.29, 1.82) is 0 Å². The minimum absolute atomic E-state index is 0.157. The molecule has 14 heavy (non-hydrogen) atoms. The molecule has 0 saturated heterocycles. The Balaban J connectivity index is 2.83. The normalized spacial score (nSPS) is 10.6. The lowest BCUT2D eigenvalue weighted by Crippen LogP contribution is -2.43. The minimum Gasteiger partial charge on any atom is -0.571 e. The molecule has 0 aliphatic rings. The fourth-order valence-electron chi connectivity index (χ4n) is 0.807. The molecule has 0 aromatic carbocycles. The summed E-state index contributed by atoms with van der Waals surface area (Å²) in [5.41, 5.74) is -0.953. The van der Waals surface area contributed by atoms with Crippen molar-refractivity contribution in [3.63, 3.8) is 0 Å². The molecule has 0 unspecified atom stereocenters. The van der Waals surface area contributed by atoms with Gasteiger partial charge in [-0.15, -0.1) is 0 Å². The highest BCUT2D eigenvalue weighted by Gasteiger charge is 2.21. The lowest BCUT2D eigenvalue weighted by atomic mass is 11.0. The number of hydrogen-bond donors (Lipinski definition) is 1. The van der Waals surface area contributed by atoms with Gasteiger partial charge in [-0.25, -0.2) is 4.79 Å². The van der Waals surface area contributed by atoms with Gasteiger partial charge in [0.2, 0.25) is 0 Å². The smallest absolute Gasteiger partial charge is 0.493 e. The third-order valence-corrected chi connectivity index (χ3v) is 1.31. The Morgan fingerprint density at radius 3 is 2.93 bits per heavy atom. The van der Waals surface area contributed by atoms with Crippen LogP contribution in [0.15, 0.2) is 4.79 Å². The van der Waals surface area contributed by atoms with Gasteiger partial charge in [-0.3, -0.25) is 0 Å². The van der Waals surface area contributed by atoms with Crippen LogP contribution in [0.3, 0.4) is 0 Å². The van der Waals surface area contributed by atoms with E-state index in [-0.39, 0.29) is 4.96 Å². The number of hydrogen-bond acceptors (Lipinski definition) is 7. The Kier molecular flexibility index (Phi) is 1.40. The van der Waals surface area contributed by atoms with E-state index in [2.05, 4.69) is 15.2 Å². The SMILES string of the molecule is O=c1[nH][n+]([O-])nc2nc([N+](=O)[O-])nn12. The second kappa shape index (κ2) is 2.45. The summed E-state index contributed by atoms with van der Waals surface area (Å²) >= 11 is 0. The van der Waals surface area contributed by atoms with Crippen molar-refractivity contribution in [3.05, 3.63) is 25.8 Å². The fraction of sp³-hybridized carbons (Fsp3) is 0. The molecule has 72 valence electrons. The summed E-state index contributed by atoms with van der Waals surface area (Å²) in [5, 5.41) is 28.8. The van der Waals surface area contributed by atoms with E-state index in [1.54, 1.807) is 5.10 Å². The summed E-state index contributed by atoms with van der Waals surface area (Å²) < 4.78 is 0.520. The van der Waals surface area contributed by atoms with Gasteiger partial charge in [-0.1, -0.05) is 9.61 Å². The summed E-state index contributed by atoms with van der Waals surface area (Å²) in [7, 11) is 0. The molecule has 11 heteroatoms. The highest BCUT2D eigenvalue weighted by Crippen LogP contribution is 2.00. The van der Waals surface area contributed by atoms with E-state index in [1.807, 2.05) is 0 Å². The van der Waals surface area contributed by atoms with Crippen molar-refractivity contribution >= 4 is 11.7 Å². The molecule has 2 rings (SSSR count). The zero-order valence-corrected chi connectivity index (χ0v) is 6.32. The van der Waals surface area contributed by atoms with Gasteiger partial charge in [-0.05, 0) is 9.91 Å². The predicted octanol–water partition coefficient (Wildman–Crippen LogP) is -2.65. The fourth-order valence-corrected chi connectivity index (χ4v) is 0.807. The van der Waals surface area contributed by atoms with Crippen molar-refractivity contribution in [2.75, 3.05) is 0 Å². The Labute approximate surface area is 73.3 Å². The van der Waals surface area contributed by atoms with Crippen molar-refractivity contribution in [3.8, 4) is 0 Å². The summed E-state index contributed by atoms with van der Waals surface area (Å²) in [4.78, 5) is 23.3. The molecule has 11 nitrogen and oxygen atoms in total. The molecule has 0 aliphatic heterocycles. The van der Waals surface area contributed by atoms with Crippen LogP contribution in [0.25, 0.3) is 5.78 Å². The molecule has 0 saturated carbocycles. The maximum absolute atomic E-state index is 11.0. The monoisotopic (exact) mass is 199 g/mol. The van der Waals surface area contributed by atoms with Crippen LogP contribution in [0, 0.1) is 15.3 Å². The van der Waals surface area contributed by atoms with Crippen molar-refractivity contribution < 1.29 is 9.88 Å². The molecule has 0 aliphatic carbocycles. The first-order chi connectivity index (χ1) is 6.58. The highest BCUT2D eigenvalue weighted by atomic mass is 16.6. The molecule has 2 aromatic heterocycles. The van der Waals surface area contributed by atoms with Crippen molar-refractivity contribution in [1.82, 2.24) is 24.8 Å². The lowest BCUT2D eigenvalue weighted by molar-refractivity contribution is -0.728. The number of aromatic amines is 1. The number of H-pyrrole nitrogens is 1. The van der Waals surface area contributed by atoms with Crippen LogP contribution < -0.4 is 10.6 Å². The van der Waals surface area contributed by atoms with E-state index in [4.69, 9.17) is 0 Å². The molecule has 2 aromatic rings. The molecule has 2 heterocycles. The van der Waals surface area contributed by atoms with Gasteiger partial charge >= 0.3 is 17.4 Å². The topological polar surface area (TPSA) is 146 Å². The first-order valence-corrected chi connectivity index (χ1v) is 3.19. The van der Waals surface area contributed by atoms with Crippen molar-refractivity contribution in [2.24, 2.45) is 0 Å². The highest BCUT2D eigenvalue weighted by molar-refractivity contribution is 5.25. The van der Waals surface area contributed by atoms with E-state index in [0.29, 0.717) is 4.52 Å². The van der Waals surface area contributed by atoms with Gasteiger partial charge < -0.3 is 15.3 Å². The number of aromatic nitrogens is 6. The van der Waals surface area contributed by atoms with Crippen LogP contribution in [0.4, 0.5) is 5.95 Å². The van der Waals surface area contributed by atoms with Crippen LogP contribution in [0.1, 0.15) is 0 Å². The Hall–Kier alpha value is -2.59. The van der Waals surface area contributed by atoms with Gasteiger partial charge in [0.25, 0.3) is 0 Å². The van der Waals surface area contributed by atoms with Crippen LogP contribution >= 0.6 is 0 Å². The second-order valence-corrected chi connectivity index (χ2v) is 2.17. The third kappa shape index (κ3) is 1.03. The Bertz CT molecular complexity index is 568. The summed E-state index contributed by atoms with van der Waals surface area (Å²) in [5.74, 6) is -1.23. The minimum atomic E-state index is -0.953. The van der Waals surface area contributed by atoms with Crippen LogP contribution in [-0.2, 0) is 0 Å². The van der Waals surface area contributed by atoms with E-state index < -0.39 is 22.3 Å². The standard InChI is InChI=1S/C3HN7O4/c11-3-7-10(14)6-1-4-2(9(12)13)5-8(1)3/h(H,4,5,6,7,11). The zero-order valence-electron chi connectivity index (χ0n) is 6.32. The molecule has 0 atom stereocenters. The van der Waals surface area contributed by atoms with Crippen molar-refractivity contribution in [2.45, 2.75) is 0 Å². The third-order valence-electron chi connectivity index (χ3n) is 1.31. The lowest BCUT2D eigenvalue weighted by Gasteiger charge is -1.85. The number of fused-ring (bicyclic) bond motifs is 1. The predicted molar refractivity (Wildman–Crippen MR) is 37.0 cm³/mol. The summed E-state index contributed by atoms with van der Waals surface area (Å²) in [6, 6.07) is 0. The molecule has 1 N–H and O–H groups in total. The number of rotatable bonds is 1. The first-order valence-electron chi connectivity index (χ1n) is 3.19. The molecule has 0 radical (unpaired) electrons. The van der Waals surface area contributed by atoms with Gasteiger partial charge in [-0.2, -0.15) is 0 Å². The van der Waals surface area contributed by atoms with Gasteiger partial charge in [0.05, 0.1) is 4.96 Å². The molecule has 0 fully saturated rings. The Morgan fingerprint density at radius 1 is 1.57 bits per heavy atom. The number of nitro groups is 1. The number of nitrogens with zero attached hydrogens (tertiary/aromatic N) is 6. The number of nitrogens with one attached hydrogen (secondary N) is 1. The Morgan fingerprint density at radius 2 is 2.29 bits per heavy atom. The average Bonchev–Trinajstić information content (AvgIpc) is 2.47. The maximum atomic E-state index is 11.0. The molecule has 0 amide bonds. The quantitative estimate of drug-likeness (QED) is 0.228. The van der Waals surface area contributed by atoms with Gasteiger partial charge in [0.15, 0.2) is 0 Å². The van der Waals surface area contributed by atoms with Gasteiger partial charge in [0.1, 0.15) is 5.10 Å². The molecular formula is C3HN7O4. The van der Waals surface area contributed by atoms with Gasteiger partial charge in [0, 0.05) is 5.10 Å². The van der Waals surface area contributed by atoms with Crippen LogP contribution in [-0.4, -0.2) is 29.7 Å². The largest absolute Gasteiger partial charge is 0.571 e. The van der Waals surface area contributed by atoms with E-state index >= 15 is 0 Å².